The summed E-state index contributed by atoms with van der Waals surface area (Å²) in [5.74, 6) is -1.64. The molecule has 5 nitrogen and oxygen atoms in total. The average Bonchev–Trinajstić information content (AvgIpc) is 2.50. The highest BCUT2D eigenvalue weighted by atomic mass is 16.4. The van der Waals surface area contributed by atoms with Crippen molar-refractivity contribution in [2.45, 2.75) is 39.0 Å². The summed E-state index contributed by atoms with van der Waals surface area (Å²) in [6, 6.07) is -0.833. The predicted molar refractivity (Wildman–Crippen MR) is 52.0 cm³/mol. The fourth-order valence-corrected chi connectivity index (χ4v) is 1.59. The lowest BCUT2D eigenvalue weighted by Gasteiger charge is -2.20. The lowest BCUT2D eigenvalue weighted by molar-refractivity contribution is -0.142. The lowest BCUT2D eigenvalue weighted by atomic mass is 9.93. The van der Waals surface area contributed by atoms with Crippen molar-refractivity contribution in [3.63, 3.8) is 0 Å². The van der Waals surface area contributed by atoms with Gasteiger partial charge < -0.3 is 20.6 Å². The van der Waals surface area contributed by atoms with Crippen LogP contribution < -0.4 is 5.32 Å². The van der Waals surface area contributed by atoms with E-state index in [4.69, 9.17) is 5.11 Å². The van der Waals surface area contributed by atoms with Crippen LogP contribution in [0.5, 0.6) is 0 Å². The second kappa shape index (κ2) is 5.95. The molecular weight excluding hydrogens is 186 g/mol. The molecule has 1 heterocycles. The maximum atomic E-state index is 10.6. The normalized spacial score (nSPS) is 33.1. The Kier molecular flexibility index (Phi) is 5.68. The van der Waals surface area contributed by atoms with Gasteiger partial charge in [0.15, 0.2) is 0 Å². The van der Waals surface area contributed by atoms with E-state index in [0.29, 0.717) is 0 Å². The van der Waals surface area contributed by atoms with Crippen molar-refractivity contribution in [2.75, 3.05) is 6.54 Å². The van der Waals surface area contributed by atoms with E-state index < -0.39 is 30.1 Å². The minimum absolute atomic E-state index is 0.229. The van der Waals surface area contributed by atoms with E-state index in [-0.39, 0.29) is 6.54 Å². The molecule has 0 aliphatic carbocycles. The smallest absolute Gasteiger partial charge is 0.321 e. The first-order valence-electron chi connectivity index (χ1n) is 4.86. The first kappa shape index (κ1) is 13.4. The molecule has 1 fully saturated rings. The van der Waals surface area contributed by atoms with Gasteiger partial charge in [0.05, 0.1) is 12.2 Å². The van der Waals surface area contributed by atoms with Crippen LogP contribution in [0.1, 0.15) is 20.8 Å². The Hall–Kier alpha value is -0.650. The fourth-order valence-electron chi connectivity index (χ4n) is 1.59. The highest BCUT2D eigenvalue weighted by Gasteiger charge is 2.41. The summed E-state index contributed by atoms with van der Waals surface area (Å²) in [5, 5.41) is 29.8. The number of carboxylic acid groups (broad SMARTS) is 1. The largest absolute Gasteiger partial charge is 0.480 e. The summed E-state index contributed by atoms with van der Waals surface area (Å²) in [6.07, 6.45) is -1.58. The van der Waals surface area contributed by atoms with E-state index in [1.807, 2.05) is 13.8 Å². The molecule has 0 bridgehead atoms. The molecule has 0 amide bonds. The third kappa shape index (κ3) is 2.94. The van der Waals surface area contributed by atoms with Crippen molar-refractivity contribution in [3.8, 4) is 0 Å². The summed E-state index contributed by atoms with van der Waals surface area (Å²) in [6.45, 7) is 5.71. The van der Waals surface area contributed by atoms with E-state index in [2.05, 4.69) is 5.32 Å². The quantitative estimate of drug-likeness (QED) is 0.484. The summed E-state index contributed by atoms with van der Waals surface area (Å²) >= 11 is 0. The zero-order valence-electron chi connectivity index (χ0n) is 8.77. The third-order valence-corrected chi connectivity index (χ3v) is 2.20. The molecule has 1 aliphatic heterocycles. The van der Waals surface area contributed by atoms with Gasteiger partial charge >= 0.3 is 5.97 Å². The zero-order chi connectivity index (χ0) is 11.3. The summed E-state index contributed by atoms with van der Waals surface area (Å²) < 4.78 is 0. The minimum atomic E-state index is -1.03. The van der Waals surface area contributed by atoms with Gasteiger partial charge in [0.1, 0.15) is 6.04 Å². The first-order valence-corrected chi connectivity index (χ1v) is 4.86. The van der Waals surface area contributed by atoms with Gasteiger partial charge in [-0.15, -0.1) is 0 Å². The van der Waals surface area contributed by atoms with Gasteiger partial charge in [-0.2, -0.15) is 0 Å². The van der Waals surface area contributed by atoms with Crippen LogP contribution in [0.2, 0.25) is 0 Å². The van der Waals surface area contributed by atoms with Gasteiger partial charge in [-0.25, -0.2) is 0 Å². The molecule has 5 heteroatoms. The fraction of sp³-hybridized carbons (Fsp3) is 0.889. The highest BCUT2D eigenvalue weighted by Crippen LogP contribution is 2.20. The van der Waals surface area contributed by atoms with Crippen LogP contribution in [-0.2, 0) is 4.79 Å². The van der Waals surface area contributed by atoms with E-state index in [0.717, 1.165) is 0 Å². The highest BCUT2D eigenvalue weighted by molar-refractivity contribution is 5.74. The molecule has 0 aromatic rings. The van der Waals surface area contributed by atoms with Crippen LogP contribution in [0, 0.1) is 5.92 Å². The summed E-state index contributed by atoms with van der Waals surface area (Å²) in [7, 11) is 0. The van der Waals surface area contributed by atoms with Crippen molar-refractivity contribution in [1.29, 1.82) is 0 Å². The lowest BCUT2D eigenvalue weighted by Crippen LogP contribution is -2.41. The monoisotopic (exact) mass is 205 g/mol. The molecule has 0 spiro atoms. The number of β-amino-alcohol motifs (C(OH)–C–C–N with tert-alkyl or cyclic N) is 1. The number of nitrogens with one attached hydrogen (secondary N) is 1. The van der Waals surface area contributed by atoms with E-state index in [9.17, 15) is 15.0 Å². The van der Waals surface area contributed by atoms with Crippen LogP contribution in [-0.4, -0.2) is 46.1 Å². The maximum absolute atomic E-state index is 10.6. The van der Waals surface area contributed by atoms with Crippen LogP contribution in [0.4, 0.5) is 0 Å². The van der Waals surface area contributed by atoms with Gasteiger partial charge in [0, 0.05) is 12.5 Å². The molecule has 0 radical (unpaired) electrons. The number of aliphatic carboxylic acids is 1. The number of hydrogen-bond donors (Lipinski definition) is 4. The number of hydrogen-bond acceptors (Lipinski definition) is 4. The summed E-state index contributed by atoms with van der Waals surface area (Å²) in [5.41, 5.74) is 0. The molecule has 1 rings (SSSR count). The molecule has 0 saturated carbocycles. The Morgan fingerprint density at radius 1 is 1.50 bits per heavy atom. The van der Waals surface area contributed by atoms with Crippen LogP contribution in [0.3, 0.4) is 0 Å². The van der Waals surface area contributed by atoms with Crippen molar-refractivity contribution in [1.82, 2.24) is 5.32 Å². The van der Waals surface area contributed by atoms with Gasteiger partial charge in [-0.05, 0) is 6.92 Å². The van der Waals surface area contributed by atoms with Gasteiger partial charge in [0.25, 0.3) is 0 Å². The Bertz CT molecular complexity index is 184. The molecule has 0 aromatic carbocycles. The molecule has 84 valence electrons. The van der Waals surface area contributed by atoms with Crippen molar-refractivity contribution < 1.29 is 20.1 Å². The minimum Gasteiger partial charge on any atom is -0.480 e. The molecule has 4 N–H and O–H groups in total. The number of aliphatic hydroxyl groups excluding tert-OH is 2. The third-order valence-electron chi connectivity index (χ3n) is 2.20. The van der Waals surface area contributed by atoms with Gasteiger partial charge in [0.2, 0.25) is 0 Å². The topological polar surface area (TPSA) is 89.8 Å². The standard InChI is InChI=1S/C7H13NO4.C2H6/c1-3(9)5-4(10)2-8-6(5)7(11)12;1-2/h3-6,8-10H,2H2,1H3,(H,11,12);1-2H3. The van der Waals surface area contributed by atoms with Crippen LogP contribution in [0.15, 0.2) is 0 Å². The van der Waals surface area contributed by atoms with E-state index >= 15 is 0 Å². The van der Waals surface area contributed by atoms with Gasteiger partial charge in [-0.1, -0.05) is 13.8 Å². The second-order valence-corrected chi connectivity index (χ2v) is 3.11. The zero-order valence-corrected chi connectivity index (χ0v) is 8.77. The molecule has 4 unspecified atom stereocenters. The SMILES string of the molecule is CC.CC(O)C1C(O)CNC1C(=O)O. The first-order chi connectivity index (χ1) is 6.54. The van der Waals surface area contributed by atoms with Crippen molar-refractivity contribution >= 4 is 5.97 Å². The predicted octanol–water partition coefficient (Wildman–Crippen LogP) is -0.573. The number of carboxylic acids is 1. The van der Waals surface area contributed by atoms with Crippen LogP contribution >= 0.6 is 0 Å². The Morgan fingerprint density at radius 3 is 2.29 bits per heavy atom. The molecule has 1 saturated heterocycles. The molecular formula is C9H19NO4. The molecule has 4 atom stereocenters. The Balaban J connectivity index is 0.000000791. The van der Waals surface area contributed by atoms with Gasteiger partial charge in [-0.3, -0.25) is 4.79 Å². The number of aliphatic hydroxyl groups is 2. The van der Waals surface area contributed by atoms with Crippen molar-refractivity contribution in [2.24, 2.45) is 5.92 Å². The molecule has 0 aromatic heterocycles. The van der Waals surface area contributed by atoms with Crippen molar-refractivity contribution in [3.05, 3.63) is 0 Å². The molecule has 1 aliphatic rings. The van der Waals surface area contributed by atoms with Crippen LogP contribution in [0.25, 0.3) is 0 Å². The van der Waals surface area contributed by atoms with E-state index in [1.165, 1.54) is 6.92 Å². The number of carbonyl (C=O) groups is 1. The maximum Gasteiger partial charge on any atom is 0.321 e. The Morgan fingerprint density at radius 2 is 2.00 bits per heavy atom. The Labute approximate surface area is 83.8 Å². The molecule has 14 heavy (non-hydrogen) atoms. The average molecular weight is 205 g/mol. The second-order valence-electron chi connectivity index (χ2n) is 3.11. The number of rotatable bonds is 2. The summed E-state index contributed by atoms with van der Waals surface area (Å²) in [4.78, 5) is 10.6. The van der Waals surface area contributed by atoms with E-state index in [1.54, 1.807) is 0 Å².